The summed E-state index contributed by atoms with van der Waals surface area (Å²) in [4.78, 5) is 0. The van der Waals surface area contributed by atoms with Crippen molar-refractivity contribution in [3.63, 3.8) is 0 Å². The van der Waals surface area contributed by atoms with Gasteiger partial charge in [-0.15, -0.1) is 6.58 Å². The normalized spacial score (nSPS) is 11.5. The van der Waals surface area contributed by atoms with Crippen LogP contribution in [0.5, 0.6) is 11.5 Å². The number of unbranched alkanes of at least 4 members (excludes halogenated alkanes) is 5. The van der Waals surface area contributed by atoms with Crippen molar-refractivity contribution < 1.29 is 10.2 Å². The fourth-order valence-corrected chi connectivity index (χ4v) is 2.43. The van der Waals surface area contributed by atoms with Gasteiger partial charge in [-0.1, -0.05) is 55.7 Å². The number of aryl methyl sites for hydroxylation is 1. The molecule has 0 aliphatic rings. The van der Waals surface area contributed by atoms with Crippen molar-refractivity contribution in [1.29, 1.82) is 0 Å². The lowest BCUT2D eigenvalue weighted by molar-refractivity contribution is 0.403. The second-order valence-corrected chi connectivity index (χ2v) is 5.83. The lowest BCUT2D eigenvalue weighted by Crippen LogP contribution is -1.86. The number of phenols is 2. The van der Waals surface area contributed by atoms with Crippen LogP contribution in [-0.4, -0.2) is 10.2 Å². The van der Waals surface area contributed by atoms with Crippen LogP contribution >= 0.6 is 0 Å². The van der Waals surface area contributed by atoms with Crippen LogP contribution < -0.4 is 0 Å². The average Bonchev–Trinajstić information content (AvgIpc) is 2.55. The molecule has 0 saturated heterocycles. The van der Waals surface area contributed by atoms with Crippen molar-refractivity contribution in [2.45, 2.75) is 57.8 Å². The Kier molecular flexibility index (Phi) is 10.4. The van der Waals surface area contributed by atoms with Crippen molar-refractivity contribution in [1.82, 2.24) is 0 Å². The quantitative estimate of drug-likeness (QED) is 0.280. The fourth-order valence-electron chi connectivity index (χ4n) is 2.43. The van der Waals surface area contributed by atoms with E-state index in [0.29, 0.717) is 0 Å². The molecule has 2 nitrogen and oxygen atoms in total. The van der Waals surface area contributed by atoms with Gasteiger partial charge in [0.05, 0.1) is 0 Å². The summed E-state index contributed by atoms with van der Waals surface area (Å²) in [5.74, 6) is -0.0633. The van der Waals surface area contributed by atoms with Gasteiger partial charge in [0.2, 0.25) is 0 Å². The molecular weight excluding hydrogens is 284 g/mol. The van der Waals surface area contributed by atoms with Gasteiger partial charge in [-0.3, -0.25) is 0 Å². The van der Waals surface area contributed by atoms with E-state index >= 15 is 0 Å². The van der Waals surface area contributed by atoms with Crippen molar-refractivity contribution in [2.24, 2.45) is 0 Å². The third kappa shape index (κ3) is 9.62. The van der Waals surface area contributed by atoms with Crippen molar-refractivity contribution in [3.05, 3.63) is 60.7 Å². The molecule has 0 heterocycles. The Hall–Kier alpha value is -1.96. The van der Waals surface area contributed by atoms with Gasteiger partial charge in [0.25, 0.3) is 0 Å². The molecule has 0 aromatic heterocycles. The van der Waals surface area contributed by atoms with Crippen LogP contribution in [0, 0.1) is 0 Å². The van der Waals surface area contributed by atoms with Crippen LogP contribution in [0.3, 0.4) is 0 Å². The molecule has 0 fully saturated rings. The lowest BCUT2D eigenvalue weighted by Gasteiger charge is -2.04. The van der Waals surface area contributed by atoms with Crippen LogP contribution in [0.1, 0.15) is 56.9 Å². The number of benzene rings is 1. The van der Waals surface area contributed by atoms with Crippen molar-refractivity contribution in [3.8, 4) is 11.5 Å². The number of hydrogen-bond donors (Lipinski definition) is 2. The molecule has 1 aromatic carbocycles. The Bertz CT molecular complexity index is 501. The predicted octanol–water partition coefficient (Wildman–Crippen LogP) is 6.06. The third-order valence-electron chi connectivity index (χ3n) is 3.78. The summed E-state index contributed by atoms with van der Waals surface area (Å²) in [6.07, 6.45) is 21.0. The Labute approximate surface area is 140 Å². The molecule has 0 aliphatic carbocycles. The van der Waals surface area contributed by atoms with Crippen molar-refractivity contribution in [2.75, 3.05) is 0 Å². The Morgan fingerprint density at radius 1 is 0.783 bits per heavy atom. The highest BCUT2D eigenvalue weighted by molar-refractivity contribution is 5.40. The van der Waals surface area contributed by atoms with Crippen molar-refractivity contribution >= 4 is 0 Å². The number of aromatic hydroxyl groups is 2. The van der Waals surface area contributed by atoms with Crippen LogP contribution in [0.4, 0.5) is 0 Å². The molecule has 0 saturated carbocycles. The zero-order valence-corrected chi connectivity index (χ0v) is 14.1. The van der Waals surface area contributed by atoms with Gasteiger partial charge >= 0.3 is 0 Å². The number of phenolic OH excluding ortho intramolecular Hbond substituents is 2. The number of rotatable bonds is 12. The average molecular weight is 314 g/mol. The van der Waals surface area contributed by atoms with Gasteiger partial charge in [0.1, 0.15) is 0 Å². The van der Waals surface area contributed by atoms with E-state index < -0.39 is 0 Å². The molecule has 1 aromatic rings. The Balaban J connectivity index is 1.96. The van der Waals surface area contributed by atoms with E-state index in [1.165, 1.54) is 32.1 Å². The minimum atomic E-state index is -0.0435. The second kappa shape index (κ2) is 12.6. The van der Waals surface area contributed by atoms with E-state index in [0.717, 1.165) is 31.2 Å². The molecule has 0 bridgehead atoms. The summed E-state index contributed by atoms with van der Waals surface area (Å²) in [5, 5.41) is 18.7. The van der Waals surface area contributed by atoms with Gasteiger partial charge in [-0.05, 0) is 56.2 Å². The first-order chi connectivity index (χ1) is 11.2. The zero-order valence-electron chi connectivity index (χ0n) is 14.1. The molecule has 0 atom stereocenters. The SMILES string of the molecule is C=CCC=CCC=CCCCCCCCc1ccc(O)c(O)c1. The predicted molar refractivity (Wildman–Crippen MR) is 98.9 cm³/mol. The van der Waals surface area contributed by atoms with Gasteiger partial charge in [-0.25, -0.2) is 0 Å². The molecule has 0 unspecified atom stereocenters. The second-order valence-electron chi connectivity index (χ2n) is 5.83. The summed E-state index contributed by atoms with van der Waals surface area (Å²) >= 11 is 0. The summed E-state index contributed by atoms with van der Waals surface area (Å²) in [6, 6.07) is 5.09. The molecule has 0 aliphatic heterocycles. The third-order valence-corrected chi connectivity index (χ3v) is 3.78. The maximum atomic E-state index is 9.44. The monoisotopic (exact) mass is 314 g/mol. The maximum absolute atomic E-state index is 9.44. The highest BCUT2D eigenvalue weighted by Crippen LogP contribution is 2.25. The van der Waals surface area contributed by atoms with Crippen LogP contribution in [-0.2, 0) is 6.42 Å². The summed E-state index contributed by atoms with van der Waals surface area (Å²) in [7, 11) is 0. The van der Waals surface area contributed by atoms with Crippen LogP contribution in [0.15, 0.2) is 55.2 Å². The standard InChI is InChI=1S/C21H30O2/c1-2-3-4-5-6-7-8-9-10-11-12-13-14-15-19-16-17-20(22)21(23)18-19/h2,4-5,7-8,16-18,22-23H,1,3,6,9-15H2. The molecule has 2 heteroatoms. The molecule has 0 radical (unpaired) electrons. The summed E-state index contributed by atoms with van der Waals surface area (Å²) in [5.41, 5.74) is 1.09. The van der Waals surface area contributed by atoms with Gasteiger partial charge < -0.3 is 10.2 Å². The van der Waals surface area contributed by atoms with E-state index in [9.17, 15) is 10.2 Å². The van der Waals surface area contributed by atoms with Gasteiger partial charge in [0, 0.05) is 0 Å². The van der Waals surface area contributed by atoms with E-state index in [1.807, 2.05) is 12.1 Å². The number of hydrogen-bond acceptors (Lipinski definition) is 2. The van der Waals surface area contributed by atoms with Crippen LogP contribution in [0.2, 0.25) is 0 Å². The van der Waals surface area contributed by atoms with E-state index in [2.05, 4.69) is 30.9 Å². The highest BCUT2D eigenvalue weighted by Gasteiger charge is 2.00. The largest absolute Gasteiger partial charge is 0.504 e. The highest BCUT2D eigenvalue weighted by atomic mass is 16.3. The lowest BCUT2D eigenvalue weighted by atomic mass is 10.0. The first kappa shape index (κ1) is 19.1. The summed E-state index contributed by atoms with van der Waals surface area (Å²) < 4.78 is 0. The fraction of sp³-hybridized carbons (Fsp3) is 0.429. The molecule has 1 rings (SSSR count). The first-order valence-electron chi connectivity index (χ1n) is 8.65. The molecule has 23 heavy (non-hydrogen) atoms. The van der Waals surface area contributed by atoms with Gasteiger partial charge in [-0.2, -0.15) is 0 Å². The van der Waals surface area contributed by atoms with E-state index in [4.69, 9.17) is 0 Å². The minimum Gasteiger partial charge on any atom is -0.504 e. The molecular formula is C21H30O2. The minimum absolute atomic E-state index is 0.0198. The molecule has 0 spiro atoms. The maximum Gasteiger partial charge on any atom is 0.157 e. The zero-order chi connectivity index (χ0) is 16.8. The smallest absolute Gasteiger partial charge is 0.157 e. The molecule has 126 valence electrons. The Morgan fingerprint density at radius 2 is 1.48 bits per heavy atom. The van der Waals surface area contributed by atoms with Gasteiger partial charge in [0.15, 0.2) is 11.5 Å². The topological polar surface area (TPSA) is 40.5 Å². The number of allylic oxidation sites excluding steroid dienone is 5. The first-order valence-corrected chi connectivity index (χ1v) is 8.65. The molecule has 0 amide bonds. The van der Waals surface area contributed by atoms with Crippen LogP contribution in [0.25, 0.3) is 0 Å². The Morgan fingerprint density at radius 3 is 2.26 bits per heavy atom. The summed E-state index contributed by atoms with van der Waals surface area (Å²) in [6.45, 7) is 3.68. The molecule has 2 N–H and O–H groups in total. The van der Waals surface area contributed by atoms with E-state index in [-0.39, 0.29) is 11.5 Å². The van der Waals surface area contributed by atoms with E-state index in [1.54, 1.807) is 12.1 Å².